The van der Waals surface area contributed by atoms with Gasteiger partial charge in [0.2, 0.25) is 0 Å². The second-order valence-corrected chi connectivity index (χ2v) is 4.66. The summed E-state index contributed by atoms with van der Waals surface area (Å²) >= 11 is 0. The maximum absolute atomic E-state index is 8.91. The summed E-state index contributed by atoms with van der Waals surface area (Å²) < 4.78 is 2.29. The summed E-state index contributed by atoms with van der Waals surface area (Å²) in [6.45, 7) is 3.11. The van der Waals surface area contributed by atoms with E-state index in [0.29, 0.717) is 11.5 Å². The van der Waals surface area contributed by atoms with Crippen LogP contribution in [0.2, 0.25) is 0 Å². The lowest BCUT2D eigenvalue weighted by Crippen LogP contribution is -2.14. The molecule has 0 N–H and O–H groups in total. The van der Waals surface area contributed by atoms with E-state index in [1.807, 2.05) is 18.2 Å². The molecule has 0 atom stereocenters. The number of hydrogen-bond donors (Lipinski definition) is 0. The lowest BCUT2D eigenvalue weighted by atomic mass is 9.85. The second-order valence-electron chi connectivity index (χ2n) is 4.66. The number of imidazole rings is 1. The molecule has 1 fully saturated rings. The second kappa shape index (κ2) is 3.89. The number of aromatic nitrogens is 2. The first kappa shape index (κ1) is 10.3. The van der Waals surface area contributed by atoms with Gasteiger partial charge >= 0.3 is 0 Å². The Labute approximate surface area is 101 Å². The van der Waals surface area contributed by atoms with Gasteiger partial charge in [0.05, 0.1) is 22.7 Å². The third-order valence-corrected chi connectivity index (χ3v) is 3.69. The molecule has 3 heteroatoms. The average molecular weight is 225 g/mol. The van der Waals surface area contributed by atoms with Crippen molar-refractivity contribution in [3.63, 3.8) is 0 Å². The lowest BCUT2D eigenvalue weighted by Gasteiger charge is -2.25. The van der Waals surface area contributed by atoms with E-state index in [-0.39, 0.29) is 0 Å². The van der Waals surface area contributed by atoms with Crippen molar-refractivity contribution in [1.82, 2.24) is 9.55 Å². The first-order chi connectivity index (χ1) is 8.33. The quantitative estimate of drug-likeness (QED) is 0.787. The van der Waals surface area contributed by atoms with Crippen molar-refractivity contribution < 1.29 is 0 Å². The molecule has 0 saturated heterocycles. The number of benzene rings is 1. The Hall–Kier alpha value is -1.82. The van der Waals surface area contributed by atoms with Crippen LogP contribution in [0.3, 0.4) is 0 Å². The van der Waals surface area contributed by atoms with E-state index >= 15 is 0 Å². The Morgan fingerprint density at radius 3 is 2.88 bits per heavy atom. The highest BCUT2D eigenvalue weighted by atomic mass is 15.1. The maximum Gasteiger partial charge on any atom is 0.112 e. The summed E-state index contributed by atoms with van der Waals surface area (Å²) in [5.41, 5.74) is 2.82. The van der Waals surface area contributed by atoms with Gasteiger partial charge in [-0.3, -0.25) is 0 Å². The minimum atomic E-state index is 0.632. The molecule has 0 aliphatic heterocycles. The van der Waals surface area contributed by atoms with Crippen molar-refractivity contribution in [2.75, 3.05) is 0 Å². The molecular weight excluding hydrogens is 210 g/mol. The van der Waals surface area contributed by atoms with Gasteiger partial charge in [-0.2, -0.15) is 5.26 Å². The van der Waals surface area contributed by atoms with Crippen molar-refractivity contribution >= 4 is 11.0 Å². The zero-order valence-corrected chi connectivity index (χ0v) is 9.98. The summed E-state index contributed by atoms with van der Waals surface area (Å²) in [6.07, 6.45) is 3.84. The third kappa shape index (κ3) is 1.52. The number of nitriles is 1. The molecule has 86 valence electrons. The molecule has 17 heavy (non-hydrogen) atoms. The largest absolute Gasteiger partial charge is 0.328 e. The minimum Gasteiger partial charge on any atom is -0.328 e. The van der Waals surface area contributed by atoms with Gasteiger partial charge in [-0.25, -0.2) is 4.98 Å². The number of rotatable bonds is 2. The summed E-state index contributed by atoms with van der Waals surface area (Å²) in [4.78, 5) is 4.73. The molecule has 3 nitrogen and oxygen atoms in total. The van der Waals surface area contributed by atoms with Crippen LogP contribution in [-0.4, -0.2) is 9.55 Å². The highest BCUT2D eigenvalue weighted by Crippen LogP contribution is 2.37. The van der Waals surface area contributed by atoms with E-state index in [2.05, 4.69) is 17.6 Å². The van der Waals surface area contributed by atoms with Crippen LogP contribution >= 0.6 is 0 Å². The predicted octanol–water partition coefficient (Wildman–Crippen LogP) is 3.20. The van der Waals surface area contributed by atoms with Gasteiger partial charge in [0.25, 0.3) is 0 Å². The van der Waals surface area contributed by atoms with Crippen LogP contribution in [0.4, 0.5) is 0 Å². The zero-order chi connectivity index (χ0) is 11.8. The monoisotopic (exact) mass is 225 g/mol. The van der Waals surface area contributed by atoms with Crippen LogP contribution in [0.5, 0.6) is 0 Å². The Morgan fingerprint density at radius 2 is 2.29 bits per heavy atom. The highest BCUT2D eigenvalue weighted by Gasteiger charge is 2.25. The van der Waals surface area contributed by atoms with Gasteiger partial charge in [-0.1, -0.05) is 6.42 Å². The SMILES string of the molecule is CCn1c(C2CCC2)nc2cc(C#N)ccc21. The van der Waals surface area contributed by atoms with Crippen LogP contribution in [0.1, 0.15) is 43.5 Å². The number of hydrogen-bond acceptors (Lipinski definition) is 2. The number of nitrogens with zero attached hydrogens (tertiary/aromatic N) is 3. The fourth-order valence-corrected chi connectivity index (χ4v) is 2.53. The zero-order valence-electron chi connectivity index (χ0n) is 9.98. The molecule has 0 amide bonds. The molecule has 1 aromatic heterocycles. The molecule has 3 rings (SSSR count). The maximum atomic E-state index is 8.91. The number of aryl methyl sites for hydroxylation is 1. The van der Waals surface area contributed by atoms with Gasteiger partial charge < -0.3 is 4.57 Å². The van der Waals surface area contributed by atoms with Crippen molar-refractivity contribution in [3.8, 4) is 6.07 Å². The van der Waals surface area contributed by atoms with E-state index in [4.69, 9.17) is 10.2 Å². The van der Waals surface area contributed by atoms with Crippen LogP contribution < -0.4 is 0 Å². The van der Waals surface area contributed by atoms with Crippen molar-refractivity contribution in [1.29, 1.82) is 5.26 Å². The van der Waals surface area contributed by atoms with E-state index in [9.17, 15) is 0 Å². The summed E-state index contributed by atoms with van der Waals surface area (Å²) in [7, 11) is 0. The standard InChI is InChI=1S/C14H15N3/c1-2-17-13-7-6-10(9-15)8-12(13)16-14(17)11-4-3-5-11/h6-8,11H,2-5H2,1H3. The fourth-order valence-electron chi connectivity index (χ4n) is 2.53. The van der Waals surface area contributed by atoms with Gasteiger partial charge in [0, 0.05) is 12.5 Å². The molecule has 1 aromatic carbocycles. The fraction of sp³-hybridized carbons (Fsp3) is 0.429. The Kier molecular flexibility index (Phi) is 2.36. The van der Waals surface area contributed by atoms with Crippen molar-refractivity contribution in [2.24, 2.45) is 0 Å². The van der Waals surface area contributed by atoms with Gasteiger partial charge in [-0.15, -0.1) is 0 Å². The molecule has 1 saturated carbocycles. The van der Waals surface area contributed by atoms with E-state index in [1.165, 1.54) is 25.1 Å². The third-order valence-electron chi connectivity index (χ3n) is 3.69. The van der Waals surface area contributed by atoms with E-state index < -0.39 is 0 Å². The van der Waals surface area contributed by atoms with E-state index in [1.54, 1.807) is 0 Å². The molecule has 2 aromatic rings. The number of fused-ring (bicyclic) bond motifs is 1. The molecule has 0 unspecified atom stereocenters. The van der Waals surface area contributed by atoms with Gasteiger partial charge in [0.15, 0.2) is 0 Å². The first-order valence-corrected chi connectivity index (χ1v) is 6.23. The topological polar surface area (TPSA) is 41.6 Å². The minimum absolute atomic E-state index is 0.632. The lowest BCUT2D eigenvalue weighted by molar-refractivity contribution is 0.390. The molecule has 1 heterocycles. The molecule has 0 spiro atoms. The summed E-state index contributed by atoms with van der Waals surface area (Å²) in [6, 6.07) is 7.96. The van der Waals surface area contributed by atoms with Gasteiger partial charge in [0.1, 0.15) is 5.82 Å². The van der Waals surface area contributed by atoms with Crippen molar-refractivity contribution in [3.05, 3.63) is 29.6 Å². The van der Waals surface area contributed by atoms with Gasteiger partial charge in [-0.05, 0) is 38.0 Å². The summed E-state index contributed by atoms with van der Waals surface area (Å²) in [5, 5.41) is 8.91. The molecule has 0 bridgehead atoms. The van der Waals surface area contributed by atoms with Crippen molar-refractivity contribution in [2.45, 2.75) is 38.6 Å². The highest BCUT2D eigenvalue weighted by molar-refractivity contribution is 5.78. The molecule has 1 aliphatic carbocycles. The summed E-state index contributed by atoms with van der Waals surface area (Å²) in [5.74, 6) is 1.84. The van der Waals surface area contributed by atoms with Crippen LogP contribution in [-0.2, 0) is 6.54 Å². The average Bonchev–Trinajstić information content (AvgIpc) is 2.63. The smallest absolute Gasteiger partial charge is 0.112 e. The Bertz CT molecular complexity index is 600. The molecule has 1 aliphatic rings. The molecular formula is C14H15N3. The first-order valence-electron chi connectivity index (χ1n) is 6.23. The van der Waals surface area contributed by atoms with E-state index in [0.717, 1.165) is 17.6 Å². The molecule has 0 radical (unpaired) electrons. The van der Waals surface area contributed by atoms with Crippen LogP contribution in [0, 0.1) is 11.3 Å². The normalized spacial score (nSPS) is 15.8. The Balaban J connectivity index is 2.19. The Morgan fingerprint density at radius 1 is 1.47 bits per heavy atom. The predicted molar refractivity (Wildman–Crippen MR) is 66.7 cm³/mol. The van der Waals surface area contributed by atoms with Crippen LogP contribution in [0.25, 0.3) is 11.0 Å². The van der Waals surface area contributed by atoms with Crippen LogP contribution in [0.15, 0.2) is 18.2 Å².